The number of carbonyl (C=O) groups excluding carboxylic acids is 1. The number of rotatable bonds is 2. The van der Waals surface area contributed by atoms with Crippen LogP contribution < -0.4 is 5.32 Å². The number of hydrogen-bond donors (Lipinski definition) is 1. The third-order valence-corrected chi connectivity index (χ3v) is 1.98. The van der Waals surface area contributed by atoms with Gasteiger partial charge in [0.1, 0.15) is 5.69 Å². The number of nitrogens with one attached hydrogen (secondary N) is 1. The SMILES string of the molecule is CC(=O)Nc1cc2oncc2cc1[N+](=O)[O-]. The van der Waals surface area contributed by atoms with Gasteiger partial charge in [-0.3, -0.25) is 14.9 Å². The largest absolute Gasteiger partial charge is 0.356 e. The molecule has 0 aliphatic carbocycles. The van der Waals surface area contributed by atoms with Crippen molar-refractivity contribution in [2.24, 2.45) is 0 Å². The first-order valence-electron chi connectivity index (χ1n) is 4.38. The second-order valence-corrected chi connectivity index (χ2v) is 3.17. The van der Waals surface area contributed by atoms with E-state index in [1.807, 2.05) is 0 Å². The monoisotopic (exact) mass is 221 g/mol. The molecule has 1 aromatic heterocycles. The highest BCUT2D eigenvalue weighted by atomic mass is 16.6. The second kappa shape index (κ2) is 3.61. The molecule has 82 valence electrons. The molecule has 16 heavy (non-hydrogen) atoms. The quantitative estimate of drug-likeness (QED) is 0.614. The molecule has 0 saturated carbocycles. The first kappa shape index (κ1) is 10.1. The van der Waals surface area contributed by atoms with E-state index in [1.54, 1.807) is 0 Å². The Kier molecular flexibility index (Phi) is 2.28. The third kappa shape index (κ3) is 1.70. The van der Waals surface area contributed by atoms with Crippen molar-refractivity contribution < 1.29 is 14.2 Å². The van der Waals surface area contributed by atoms with Crippen LogP contribution in [0, 0.1) is 10.1 Å². The zero-order chi connectivity index (χ0) is 11.7. The number of nitro benzene ring substituents is 1. The van der Waals surface area contributed by atoms with Crippen LogP contribution in [0.2, 0.25) is 0 Å². The van der Waals surface area contributed by atoms with Gasteiger partial charge in [-0.2, -0.15) is 0 Å². The summed E-state index contributed by atoms with van der Waals surface area (Å²) in [5, 5.41) is 17.2. The highest BCUT2D eigenvalue weighted by Gasteiger charge is 2.17. The summed E-state index contributed by atoms with van der Waals surface area (Å²) < 4.78 is 4.85. The molecule has 1 N–H and O–H groups in total. The Morgan fingerprint density at radius 2 is 2.31 bits per heavy atom. The van der Waals surface area contributed by atoms with Crippen LogP contribution in [0.25, 0.3) is 11.0 Å². The fraction of sp³-hybridized carbons (Fsp3) is 0.111. The Morgan fingerprint density at radius 3 is 2.94 bits per heavy atom. The summed E-state index contributed by atoms with van der Waals surface area (Å²) in [4.78, 5) is 21.1. The van der Waals surface area contributed by atoms with E-state index in [9.17, 15) is 14.9 Å². The minimum Gasteiger partial charge on any atom is -0.356 e. The maximum Gasteiger partial charge on any atom is 0.293 e. The van der Waals surface area contributed by atoms with E-state index < -0.39 is 4.92 Å². The van der Waals surface area contributed by atoms with Gasteiger partial charge in [-0.15, -0.1) is 0 Å². The fourth-order valence-electron chi connectivity index (χ4n) is 1.35. The summed E-state index contributed by atoms with van der Waals surface area (Å²) >= 11 is 0. The average molecular weight is 221 g/mol. The molecule has 0 fully saturated rings. The maximum atomic E-state index is 10.9. The molecule has 0 spiro atoms. The Morgan fingerprint density at radius 1 is 1.56 bits per heavy atom. The zero-order valence-corrected chi connectivity index (χ0v) is 8.26. The van der Waals surface area contributed by atoms with Crippen molar-refractivity contribution in [3.05, 3.63) is 28.4 Å². The van der Waals surface area contributed by atoms with Crippen molar-refractivity contribution in [1.82, 2.24) is 5.16 Å². The molecule has 2 aromatic rings. The number of nitro groups is 1. The first-order chi connectivity index (χ1) is 7.58. The van der Waals surface area contributed by atoms with Gasteiger partial charge >= 0.3 is 0 Å². The molecule has 2 rings (SSSR count). The molecule has 0 aliphatic heterocycles. The number of anilines is 1. The van der Waals surface area contributed by atoms with Gasteiger partial charge in [-0.05, 0) is 0 Å². The lowest BCUT2D eigenvalue weighted by Crippen LogP contribution is -2.07. The number of benzene rings is 1. The standard InChI is InChI=1S/C9H7N3O4/c1-5(13)11-7-3-9-6(4-10-16-9)2-8(7)12(14)15/h2-4H,1H3,(H,11,13). The van der Waals surface area contributed by atoms with Crippen LogP contribution in [0.5, 0.6) is 0 Å². The van der Waals surface area contributed by atoms with Crippen molar-refractivity contribution in [2.75, 3.05) is 5.32 Å². The van der Waals surface area contributed by atoms with Crippen LogP contribution in [0.4, 0.5) is 11.4 Å². The molecule has 7 heteroatoms. The summed E-state index contributed by atoms with van der Waals surface area (Å²) in [6.07, 6.45) is 1.37. The van der Waals surface area contributed by atoms with Gasteiger partial charge in [0, 0.05) is 24.4 Å². The first-order valence-corrected chi connectivity index (χ1v) is 4.38. The predicted molar refractivity (Wildman–Crippen MR) is 55.0 cm³/mol. The Hall–Kier alpha value is -2.44. The number of fused-ring (bicyclic) bond motifs is 1. The van der Waals surface area contributed by atoms with E-state index >= 15 is 0 Å². The fourth-order valence-corrected chi connectivity index (χ4v) is 1.35. The van der Waals surface area contributed by atoms with Crippen LogP contribution in [-0.4, -0.2) is 16.0 Å². The van der Waals surface area contributed by atoms with Gasteiger partial charge in [0.05, 0.1) is 11.1 Å². The molecule has 7 nitrogen and oxygen atoms in total. The molecule has 1 aromatic carbocycles. The molecule has 0 unspecified atom stereocenters. The van der Waals surface area contributed by atoms with Crippen molar-refractivity contribution in [1.29, 1.82) is 0 Å². The molecule has 1 amide bonds. The van der Waals surface area contributed by atoms with Gasteiger partial charge in [-0.1, -0.05) is 5.16 Å². The van der Waals surface area contributed by atoms with Gasteiger partial charge in [0.15, 0.2) is 5.58 Å². The minimum absolute atomic E-state index is 0.0988. The zero-order valence-electron chi connectivity index (χ0n) is 8.26. The number of carbonyl (C=O) groups is 1. The van der Waals surface area contributed by atoms with Gasteiger partial charge in [-0.25, -0.2) is 0 Å². The van der Waals surface area contributed by atoms with Crippen LogP contribution in [0.3, 0.4) is 0 Å². The maximum absolute atomic E-state index is 10.9. The number of hydrogen-bond acceptors (Lipinski definition) is 5. The molecule has 0 atom stereocenters. The number of aromatic nitrogens is 1. The van der Waals surface area contributed by atoms with E-state index in [2.05, 4.69) is 10.5 Å². The third-order valence-electron chi connectivity index (χ3n) is 1.98. The van der Waals surface area contributed by atoms with E-state index in [0.717, 1.165) is 0 Å². The van der Waals surface area contributed by atoms with Crippen molar-refractivity contribution in [2.45, 2.75) is 6.92 Å². The van der Waals surface area contributed by atoms with E-state index in [4.69, 9.17) is 4.52 Å². The molecule has 0 bridgehead atoms. The van der Waals surface area contributed by atoms with Crippen molar-refractivity contribution in [3.8, 4) is 0 Å². The second-order valence-electron chi connectivity index (χ2n) is 3.17. The topological polar surface area (TPSA) is 98.3 Å². The molecule has 1 heterocycles. The highest BCUT2D eigenvalue weighted by Crippen LogP contribution is 2.29. The molecular weight excluding hydrogens is 214 g/mol. The molecule has 0 saturated heterocycles. The number of amides is 1. The van der Waals surface area contributed by atoms with Gasteiger partial charge < -0.3 is 9.84 Å². The highest BCUT2D eigenvalue weighted by molar-refractivity contribution is 5.95. The average Bonchev–Trinajstić information content (AvgIpc) is 2.62. The predicted octanol–water partition coefficient (Wildman–Crippen LogP) is 1.69. The summed E-state index contributed by atoms with van der Waals surface area (Å²) in [5.41, 5.74) is 0.294. The van der Waals surface area contributed by atoms with Crippen molar-refractivity contribution in [3.63, 3.8) is 0 Å². The lowest BCUT2D eigenvalue weighted by atomic mass is 10.2. The summed E-state index contributed by atoms with van der Waals surface area (Å²) in [6, 6.07) is 2.68. The Balaban J connectivity index is 2.62. The summed E-state index contributed by atoms with van der Waals surface area (Å²) in [6.45, 7) is 1.27. The lowest BCUT2D eigenvalue weighted by Gasteiger charge is -2.02. The van der Waals surface area contributed by atoms with Gasteiger partial charge in [0.25, 0.3) is 5.69 Å². The Labute approximate surface area is 89.2 Å². The molecule has 0 aliphatic rings. The van der Waals surface area contributed by atoms with Crippen LogP contribution >= 0.6 is 0 Å². The lowest BCUT2D eigenvalue weighted by molar-refractivity contribution is -0.383. The normalized spacial score (nSPS) is 10.3. The smallest absolute Gasteiger partial charge is 0.293 e. The molecular formula is C9H7N3O4. The van der Waals surface area contributed by atoms with E-state index in [1.165, 1.54) is 25.3 Å². The Bertz CT molecular complexity index is 575. The minimum atomic E-state index is -0.572. The number of nitrogens with zero attached hydrogens (tertiary/aromatic N) is 2. The van der Waals surface area contributed by atoms with E-state index in [-0.39, 0.29) is 17.3 Å². The molecule has 0 radical (unpaired) electrons. The van der Waals surface area contributed by atoms with Gasteiger partial charge in [0.2, 0.25) is 5.91 Å². The van der Waals surface area contributed by atoms with Crippen LogP contribution in [0.15, 0.2) is 22.9 Å². The summed E-state index contributed by atoms with van der Waals surface area (Å²) in [5.74, 6) is -0.387. The van der Waals surface area contributed by atoms with Crippen LogP contribution in [0.1, 0.15) is 6.92 Å². The van der Waals surface area contributed by atoms with Crippen molar-refractivity contribution >= 4 is 28.3 Å². The van der Waals surface area contributed by atoms with E-state index in [0.29, 0.717) is 11.0 Å². The van der Waals surface area contributed by atoms with Crippen LogP contribution in [-0.2, 0) is 4.79 Å². The summed E-state index contributed by atoms with van der Waals surface area (Å²) in [7, 11) is 0.